The van der Waals surface area contributed by atoms with Gasteiger partial charge in [0.15, 0.2) is 0 Å². The van der Waals surface area contributed by atoms with Crippen molar-refractivity contribution in [3.05, 3.63) is 199 Å². The smallest absolute Gasteiger partial charge is 0.145 e. The molecule has 51 heavy (non-hydrogen) atoms. The van der Waals surface area contributed by atoms with Crippen molar-refractivity contribution in [3.8, 4) is 22.5 Å². The van der Waals surface area contributed by atoms with E-state index in [0.29, 0.717) is 0 Å². The molecule has 0 spiro atoms. The van der Waals surface area contributed by atoms with Crippen molar-refractivity contribution >= 4 is 44.0 Å². The largest absolute Gasteiger partial charge is 0.305 e. The third-order valence-corrected chi connectivity index (χ3v) is 10.7. The zero-order valence-corrected chi connectivity index (χ0v) is 27.5. The zero-order valence-electron chi connectivity index (χ0n) is 27.5. The van der Waals surface area contributed by atoms with E-state index in [1.54, 1.807) is 0 Å². The topological polar surface area (TPSA) is 48.5 Å². The van der Waals surface area contributed by atoms with Gasteiger partial charge in [-0.1, -0.05) is 109 Å². The Hall–Kier alpha value is -6.85. The van der Waals surface area contributed by atoms with E-state index >= 15 is 0 Å². The van der Waals surface area contributed by atoms with Crippen LogP contribution in [0.25, 0.3) is 66.5 Å². The van der Waals surface area contributed by atoms with Gasteiger partial charge in [-0.15, -0.1) is 0 Å². The predicted octanol–water partition coefficient (Wildman–Crippen LogP) is 10.4. The minimum atomic E-state index is -0.512. The maximum atomic E-state index is 5.16. The number of nitrogens with zero attached hydrogens (tertiary/aromatic N) is 5. The summed E-state index contributed by atoms with van der Waals surface area (Å²) < 4.78 is 4.60. The van der Waals surface area contributed by atoms with Crippen LogP contribution in [0.2, 0.25) is 0 Å². The summed E-state index contributed by atoms with van der Waals surface area (Å²) in [5.74, 6) is 0. The highest BCUT2D eigenvalue weighted by molar-refractivity contribution is 6.23. The van der Waals surface area contributed by atoms with Gasteiger partial charge in [0, 0.05) is 34.5 Å². The van der Waals surface area contributed by atoms with Gasteiger partial charge in [0.2, 0.25) is 0 Å². The van der Waals surface area contributed by atoms with Crippen LogP contribution in [0.4, 0.5) is 0 Å². The minimum absolute atomic E-state index is 0.512. The lowest BCUT2D eigenvalue weighted by Crippen LogP contribution is -2.28. The number of para-hydroxylation sites is 1. The molecule has 5 nitrogen and oxygen atoms in total. The highest BCUT2D eigenvalue weighted by atomic mass is 15.1. The highest BCUT2D eigenvalue weighted by Gasteiger charge is 2.46. The summed E-state index contributed by atoms with van der Waals surface area (Å²) in [4.78, 5) is 15.0. The van der Waals surface area contributed by atoms with Gasteiger partial charge in [0.1, 0.15) is 16.7 Å². The van der Waals surface area contributed by atoms with E-state index in [0.717, 1.165) is 55.4 Å². The molecule has 5 heteroatoms. The van der Waals surface area contributed by atoms with Crippen LogP contribution in [0, 0.1) is 0 Å². The number of fused-ring (bicyclic) bond motifs is 10. The lowest BCUT2D eigenvalue weighted by molar-refractivity contribution is 0.767. The molecule has 0 radical (unpaired) electrons. The first-order chi connectivity index (χ1) is 25.3. The molecule has 0 N–H and O–H groups in total. The van der Waals surface area contributed by atoms with E-state index in [2.05, 4.69) is 149 Å². The van der Waals surface area contributed by atoms with Gasteiger partial charge in [-0.05, 0) is 81.9 Å². The van der Waals surface area contributed by atoms with E-state index in [1.165, 1.54) is 33.4 Å². The zero-order chi connectivity index (χ0) is 33.5. The fraction of sp³-hybridized carbons (Fsp3) is 0.0217. The molecule has 1 aliphatic rings. The Kier molecular flexibility index (Phi) is 5.81. The summed E-state index contributed by atoms with van der Waals surface area (Å²) in [6, 6.07) is 56.6. The van der Waals surface area contributed by atoms with Crippen LogP contribution in [-0.4, -0.2) is 24.1 Å². The van der Waals surface area contributed by atoms with Gasteiger partial charge < -0.3 is 4.57 Å². The Labute approximate surface area is 293 Å². The van der Waals surface area contributed by atoms with Crippen LogP contribution in [-0.2, 0) is 5.41 Å². The van der Waals surface area contributed by atoms with E-state index in [9.17, 15) is 0 Å². The fourth-order valence-electron chi connectivity index (χ4n) is 8.76. The highest BCUT2D eigenvalue weighted by Crippen LogP contribution is 2.56. The second-order valence-electron chi connectivity index (χ2n) is 13.2. The van der Waals surface area contributed by atoms with Crippen LogP contribution in [0.3, 0.4) is 0 Å². The van der Waals surface area contributed by atoms with Gasteiger partial charge in [0.25, 0.3) is 0 Å². The summed E-state index contributed by atoms with van der Waals surface area (Å²) in [7, 11) is 0. The summed E-state index contributed by atoms with van der Waals surface area (Å²) in [6.07, 6.45) is 5.72. The molecule has 0 unspecified atom stereocenters. The molecule has 0 atom stereocenters. The van der Waals surface area contributed by atoms with Crippen molar-refractivity contribution in [2.75, 3.05) is 0 Å². The molecule has 5 aromatic heterocycles. The maximum absolute atomic E-state index is 5.16. The van der Waals surface area contributed by atoms with Crippen molar-refractivity contribution in [2.45, 2.75) is 5.41 Å². The Morgan fingerprint density at radius 3 is 1.90 bits per heavy atom. The number of hydrogen-bond acceptors (Lipinski definition) is 3. The van der Waals surface area contributed by atoms with Crippen LogP contribution in [0.15, 0.2) is 176 Å². The Morgan fingerprint density at radius 1 is 0.451 bits per heavy atom. The average molecular weight is 652 g/mol. The standard InChI is InChI=1S/C46H29N5/c1-4-14-30(15-5-1)46(31-16-6-2-7-17-31)37-22-11-10-20-34(37)35-25-24-33(28-38(35)46)50-39-23-13-26-47-42(39)43-44(50)41-36-21-12-27-48-45(36)51(40(41)29-49-43)32-18-8-3-9-19-32/h1-29H. The van der Waals surface area contributed by atoms with Crippen LogP contribution >= 0.6 is 0 Å². The molecular formula is C46H29N5. The molecule has 0 amide bonds. The predicted molar refractivity (Wildman–Crippen MR) is 206 cm³/mol. The first-order valence-corrected chi connectivity index (χ1v) is 17.3. The quantitative estimate of drug-likeness (QED) is 0.190. The second-order valence-corrected chi connectivity index (χ2v) is 13.2. The van der Waals surface area contributed by atoms with Gasteiger partial charge in [-0.2, -0.15) is 0 Å². The molecule has 10 aromatic rings. The minimum Gasteiger partial charge on any atom is -0.305 e. The lowest BCUT2D eigenvalue weighted by atomic mass is 9.67. The first-order valence-electron chi connectivity index (χ1n) is 17.3. The van der Waals surface area contributed by atoms with Gasteiger partial charge in [0.05, 0.1) is 28.2 Å². The summed E-state index contributed by atoms with van der Waals surface area (Å²) in [5.41, 5.74) is 14.8. The third-order valence-electron chi connectivity index (χ3n) is 10.7. The van der Waals surface area contributed by atoms with Crippen molar-refractivity contribution in [3.63, 3.8) is 0 Å². The van der Waals surface area contributed by atoms with E-state index in [1.807, 2.05) is 36.8 Å². The average Bonchev–Trinajstić information content (AvgIpc) is 3.83. The van der Waals surface area contributed by atoms with E-state index in [4.69, 9.17) is 15.0 Å². The lowest BCUT2D eigenvalue weighted by Gasteiger charge is -2.34. The van der Waals surface area contributed by atoms with E-state index in [-0.39, 0.29) is 0 Å². The molecule has 5 heterocycles. The molecule has 0 fully saturated rings. The normalized spacial score (nSPS) is 13.3. The molecule has 1 aliphatic carbocycles. The molecule has 238 valence electrons. The number of pyridine rings is 3. The maximum Gasteiger partial charge on any atom is 0.145 e. The SMILES string of the molecule is c1ccc(-n2c3cnc4c5ncccc5n(-c5ccc6c(c5)C(c5ccccc5)(c5ccccc5)c5ccccc5-6)c4c3c3cccnc32)cc1. The van der Waals surface area contributed by atoms with Gasteiger partial charge in [-0.25, -0.2) is 4.98 Å². The second kappa shape index (κ2) is 10.6. The van der Waals surface area contributed by atoms with Crippen molar-refractivity contribution in [1.82, 2.24) is 24.1 Å². The van der Waals surface area contributed by atoms with Crippen LogP contribution < -0.4 is 0 Å². The van der Waals surface area contributed by atoms with Crippen LogP contribution in [0.5, 0.6) is 0 Å². The van der Waals surface area contributed by atoms with Crippen LogP contribution in [0.1, 0.15) is 22.3 Å². The number of hydrogen-bond donors (Lipinski definition) is 0. The van der Waals surface area contributed by atoms with Gasteiger partial charge in [-0.3, -0.25) is 14.5 Å². The Bertz CT molecular complexity index is 2920. The van der Waals surface area contributed by atoms with Gasteiger partial charge >= 0.3 is 0 Å². The van der Waals surface area contributed by atoms with Crippen molar-refractivity contribution < 1.29 is 0 Å². The molecular weight excluding hydrogens is 623 g/mol. The number of benzene rings is 5. The fourth-order valence-corrected chi connectivity index (χ4v) is 8.76. The summed E-state index contributed by atoms with van der Waals surface area (Å²) in [6.45, 7) is 0. The first kappa shape index (κ1) is 28.0. The molecule has 11 rings (SSSR count). The molecule has 0 bridgehead atoms. The monoisotopic (exact) mass is 651 g/mol. The molecule has 0 aliphatic heterocycles. The molecule has 0 saturated heterocycles. The summed E-state index contributed by atoms with van der Waals surface area (Å²) in [5, 5.41) is 2.18. The van der Waals surface area contributed by atoms with E-state index < -0.39 is 5.41 Å². The number of rotatable bonds is 4. The Morgan fingerprint density at radius 2 is 1.12 bits per heavy atom. The number of aromatic nitrogens is 5. The van der Waals surface area contributed by atoms with Crippen molar-refractivity contribution in [1.29, 1.82) is 0 Å². The molecule has 0 saturated carbocycles. The molecule has 5 aromatic carbocycles. The third kappa shape index (κ3) is 3.72. The summed E-state index contributed by atoms with van der Waals surface area (Å²) >= 11 is 0. The Balaban J connectivity index is 1.29. The van der Waals surface area contributed by atoms with Crippen molar-refractivity contribution in [2.24, 2.45) is 0 Å².